The van der Waals surface area contributed by atoms with E-state index in [1.54, 1.807) is 0 Å². The fraction of sp³-hybridized carbons (Fsp3) is 0.467. The molecule has 0 saturated heterocycles. The maximum Gasteiger partial charge on any atom is 0.166 e. The summed E-state index contributed by atoms with van der Waals surface area (Å²) in [6.07, 6.45) is 10.4. The Balaban J connectivity index is 2.43. The van der Waals surface area contributed by atoms with Crippen LogP contribution in [-0.2, 0) is 0 Å². The van der Waals surface area contributed by atoms with Gasteiger partial charge in [0.1, 0.15) is 5.82 Å². The monoisotopic (exact) mass is 252 g/mol. The second kappa shape index (κ2) is 7.71. The Morgan fingerprint density at radius 2 is 1.83 bits per heavy atom. The number of terminal acetylenes is 1. The first-order valence-corrected chi connectivity index (χ1v) is 6.27. The lowest BCUT2D eigenvalue weighted by Gasteiger charge is -2.08. The molecule has 0 heterocycles. The van der Waals surface area contributed by atoms with Crippen molar-refractivity contribution in [2.45, 2.75) is 39.0 Å². The van der Waals surface area contributed by atoms with Crippen LogP contribution in [0.5, 0.6) is 5.75 Å². The van der Waals surface area contributed by atoms with Gasteiger partial charge in [-0.25, -0.2) is 8.78 Å². The van der Waals surface area contributed by atoms with Gasteiger partial charge in [0, 0.05) is 6.07 Å². The van der Waals surface area contributed by atoms with E-state index in [0.29, 0.717) is 6.61 Å². The summed E-state index contributed by atoms with van der Waals surface area (Å²) >= 11 is 0. The van der Waals surface area contributed by atoms with E-state index >= 15 is 0 Å². The van der Waals surface area contributed by atoms with E-state index in [-0.39, 0.29) is 11.3 Å². The Kier molecular flexibility index (Phi) is 6.21. The van der Waals surface area contributed by atoms with Gasteiger partial charge in [-0.05, 0) is 12.5 Å². The molecule has 0 amide bonds. The van der Waals surface area contributed by atoms with Gasteiger partial charge in [-0.3, -0.25) is 0 Å². The summed E-state index contributed by atoms with van der Waals surface area (Å²) in [7, 11) is 0. The number of halogens is 2. The lowest BCUT2D eigenvalue weighted by atomic mass is 10.2. The summed E-state index contributed by atoms with van der Waals surface area (Å²) in [5.74, 6) is 0.777. The summed E-state index contributed by atoms with van der Waals surface area (Å²) in [6.45, 7) is 2.54. The molecule has 0 aliphatic heterocycles. The van der Waals surface area contributed by atoms with Gasteiger partial charge in [-0.2, -0.15) is 0 Å². The Morgan fingerprint density at radius 3 is 2.50 bits per heavy atom. The minimum Gasteiger partial charge on any atom is -0.490 e. The highest BCUT2D eigenvalue weighted by atomic mass is 19.1. The van der Waals surface area contributed by atoms with Crippen LogP contribution >= 0.6 is 0 Å². The summed E-state index contributed by atoms with van der Waals surface area (Å²) in [5, 5.41) is 0. The van der Waals surface area contributed by atoms with Gasteiger partial charge in [0.2, 0.25) is 0 Å². The highest BCUT2D eigenvalue weighted by Crippen LogP contribution is 2.21. The third-order valence-electron chi connectivity index (χ3n) is 2.68. The molecule has 0 aliphatic rings. The van der Waals surface area contributed by atoms with Crippen molar-refractivity contribution in [3.05, 3.63) is 29.3 Å². The Morgan fingerprint density at radius 1 is 1.11 bits per heavy atom. The van der Waals surface area contributed by atoms with Crippen molar-refractivity contribution in [3.8, 4) is 18.1 Å². The van der Waals surface area contributed by atoms with E-state index < -0.39 is 11.6 Å². The van der Waals surface area contributed by atoms with Gasteiger partial charge >= 0.3 is 0 Å². The van der Waals surface area contributed by atoms with Gasteiger partial charge in [-0.1, -0.05) is 38.5 Å². The number of hydrogen-bond acceptors (Lipinski definition) is 1. The van der Waals surface area contributed by atoms with Crippen LogP contribution in [0, 0.1) is 24.0 Å². The first-order valence-electron chi connectivity index (χ1n) is 6.27. The van der Waals surface area contributed by atoms with Crippen molar-refractivity contribution in [1.29, 1.82) is 0 Å². The molecule has 1 aromatic carbocycles. The third kappa shape index (κ3) is 4.37. The Bertz CT molecular complexity index is 421. The zero-order valence-corrected chi connectivity index (χ0v) is 10.6. The molecular formula is C15H18F2O. The van der Waals surface area contributed by atoms with Crippen molar-refractivity contribution in [3.63, 3.8) is 0 Å². The summed E-state index contributed by atoms with van der Waals surface area (Å²) < 4.78 is 32.0. The number of benzene rings is 1. The highest BCUT2D eigenvalue weighted by molar-refractivity contribution is 5.39. The molecular weight excluding hydrogens is 234 g/mol. The normalized spacial score (nSPS) is 10.1. The van der Waals surface area contributed by atoms with Gasteiger partial charge in [0.05, 0.1) is 12.2 Å². The second-order valence-electron chi connectivity index (χ2n) is 4.17. The minimum absolute atomic E-state index is 0.0676. The number of rotatable bonds is 7. The SMILES string of the molecule is C#Cc1cc(F)c(OCCCCCCC)cc1F. The first-order chi connectivity index (χ1) is 8.69. The number of hydrogen-bond donors (Lipinski definition) is 0. The van der Waals surface area contributed by atoms with Crippen LogP contribution in [0.15, 0.2) is 12.1 Å². The molecule has 1 aromatic rings. The summed E-state index contributed by atoms with van der Waals surface area (Å²) in [4.78, 5) is 0. The van der Waals surface area contributed by atoms with Crippen LogP contribution in [0.25, 0.3) is 0 Å². The van der Waals surface area contributed by atoms with Crippen molar-refractivity contribution >= 4 is 0 Å². The van der Waals surface area contributed by atoms with E-state index in [1.165, 1.54) is 12.8 Å². The lowest BCUT2D eigenvalue weighted by Crippen LogP contribution is -2.01. The van der Waals surface area contributed by atoms with Crippen LogP contribution in [0.4, 0.5) is 8.78 Å². The first kappa shape index (κ1) is 14.5. The summed E-state index contributed by atoms with van der Waals surface area (Å²) in [6, 6.07) is 2.00. The topological polar surface area (TPSA) is 9.23 Å². The van der Waals surface area contributed by atoms with Crippen molar-refractivity contribution in [1.82, 2.24) is 0 Å². The van der Waals surface area contributed by atoms with Crippen LogP contribution in [0.2, 0.25) is 0 Å². The van der Waals surface area contributed by atoms with E-state index in [0.717, 1.165) is 31.4 Å². The van der Waals surface area contributed by atoms with Crippen LogP contribution < -0.4 is 4.74 Å². The van der Waals surface area contributed by atoms with Crippen molar-refractivity contribution in [2.24, 2.45) is 0 Å². The second-order valence-corrected chi connectivity index (χ2v) is 4.17. The smallest absolute Gasteiger partial charge is 0.166 e. The van der Waals surface area contributed by atoms with Gasteiger partial charge in [0.15, 0.2) is 11.6 Å². The molecule has 0 atom stereocenters. The largest absolute Gasteiger partial charge is 0.490 e. The predicted molar refractivity (Wildman–Crippen MR) is 68.5 cm³/mol. The van der Waals surface area contributed by atoms with Crippen LogP contribution in [0.3, 0.4) is 0 Å². The molecule has 0 radical (unpaired) electrons. The average molecular weight is 252 g/mol. The molecule has 0 saturated carbocycles. The zero-order chi connectivity index (χ0) is 13.4. The quantitative estimate of drug-likeness (QED) is 0.519. The molecule has 0 spiro atoms. The van der Waals surface area contributed by atoms with E-state index in [9.17, 15) is 8.78 Å². The molecule has 1 nitrogen and oxygen atoms in total. The molecule has 0 aromatic heterocycles. The minimum atomic E-state index is -0.625. The van der Waals surface area contributed by atoms with E-state index in [2.05, 4.69) is 12.8 Å². The molecule has 0 fully saturated rings. The number of unbranched alkanes of at least 4 members (excludes halogenated alkanes) is 4. The lowest BCUT2D eigenvalue weighted by molar-refractivity contribution is 0.288. The Labute approximate surface area is 107 Å². The van der Waals surface area contributed by atoms with E-state index in [1.807, 2.05) is 0 Å². The third-order valence-corrected chi connectivity index (χ3v) is 2.68. The fourth-order valence-electron chi connectivity index (χ4n) is 1.64. The molecule has 3 heteroatoms. The van der Waals surface area contributed by atoms with Gasteiger partial charge in [0.25, 0.3) is 0 Å². The maximum absolute atomic E-state index is 13.5. The molecule has 98 valence electrons. The van der Waals surface area contributed by atoms with E-state index in [4.69, 9.17) is 11.2 Å². The fourth-order valence-corrected chi connectivity index (χ4v) is 1.64. The van der Waals surface area contributed by atoms with Gasteiger partial charge < -0.3 is 4.74 Å². The maximum atomic E-state index is 13.5. The number of ether oxygens (including phenoxy) is 1. The molecule has 1 rings (SSSR count). The highest BCUT2D eigenvalue weighted by Gasteiger charge is 2.09. The molecule has 0 aliphatic carbocycles. The average Bonchev–Trinajstić information content (AvgIpc) is 2.37. The van der Waals surface area contributed by atoms with Gasteiger partial charge in [-0.15, -0.1) is 6.42 Å². The van der Waals surface area contributed by atoms with Crippen molar-refractivity contribution < 1.29 is 13.5 Å². The molecule has 0 N–H and O–H groups in total. The van der Waals surface area contributed by atoms with Crippen LogP contribution in [0.1, 0.15) is 44.6 Å². The molecule has 18 heavy (non-hydrogen) atoms. The standard InChI is InChI=1S/C15H18F2O/c1-3-5-6-7-8-9-18-15-11-13(16)12(4-2)10-14(15)17/h2,10-11H,3,5-9H2,1H3. The van der Waals surface area contributed by atoms with Crippen molar-refractivity contribution in [2.75, 3.05) is 6.61 Å². The zero-order valence-electron chi connectivity index (χ0n) is 10.6. The predicted octanol–water partition coefficient (Wildman–Crippen LogP) is 4.30. The Hall–Kier alpha value is -1.56. The summed E-state index contributed by atoms with van der Waals surface area (Å²) in [5.41, 5.74) is -0.0807. The molecule has 0 unspecified atom stereocenters. The molecule has 0 bridgehead atoms. The van der Waals surface area contributed by atoms with Crippen LogP contribution in [-0.4, -0.2) is 6.61 Å².